The second-order valence-corrected chi connectivity index (χ2v) is 9.39. The minimum Gasteiger partial charge on any atom is -0.339 e. The molecule has 0 saturated carbocycles. The number of halogens is 2. The summed E-state index contributed by atoms with van der Waals surface area (Å²) >= 11 is 0. The number of nitrogens with zero attached hydrogens (tertiary/aromatic N) is 2. The number of hydrogen-bond donors (Lipinski definition) is 2. The van der Waals surface area contributed by atoms with Crippen molar-refractivity contribution in [3.05, 3.63) is 70.8 Å². The zero-order valence-electron chi connectivity index (χ0n) is 19.3. The first-order valence-electron chi connectivity index (χ1n) is 11.8. The summed E-state index contributed by atoms with van der Waals surface area (Å²) in [5, 5.41) is 0. The Morgan fingerprint density at radius 3 is 1.38 bits per heavy atom. The first-order chi connectivity index (χ1) is 15.5. The molecule has 1 aliphatic heterocycles. The predicted octanol–water partition coefficient (Wildman–Crippen LogP) is 3.03. The van der Waals surface area contributed by atoms with Gasteiger partial charge in [0.05, 0.1) is 11.8 Å². The second kappa shape index (κ2) is 11.1. The number of piperazine rings is 1. The topological polar surface area (TPSA) is 92.7 Å². The minimum atomic E-state index is -0.257. The quantitative estimate of drug-likeness (QED) is 0.657. The lowest BCUT2D eigenvalue weighted by molar-refractivity contribution is -0.145. The summed E-state index contributed by atoms with van der Waals surface area (Å²) in [7, 11) is 0. The van der Waals surface area contributed by atoms with Crippen LogP contribution in [-0.2, 0) is 22.4 Å². The number of aryl methyl sites for hydroxylation is 2. The summed E-state index contributed by atoms with van der Waals surface area (Å²) in [6.45, 7) is 2.25. The van der Waals surface area contributed by atoms with Gasteiger partial charge in [-0.15, -0.1) is 24.8 Å². The highest BCUT2D eigenvalue weighted by Crippen LogP contribution is 2.35. The molecule has 4 atom stereocenters. The molecule has 1 fully saturated rings. The van der Waals surface area contributed by atoms with Gasteiger partial charge in [0.2, 0.25) is 11.8 Å². The molecule has 2 amide bonds. The molecule has 1 heterocycles. The molecule has 2 aromatic rings. The molecule has 4 N–H and O–H groups in total. The van der Waals surface area contributed by atoms with E-state index in [9.17, 15) is 9.59 Å². The molecule has 0 unspecified atom stereocenters. The summed E-state index contributed by atoms with van der Waals surface area (Å²) in [5.41, 5.74) is 17.7. The van der Waals surface area contributed by atoms with Gasteiger partial charge in [-0.1, -0.05) is 48.5 Å². The standard InChI is InChI=1S/C26H32N4O2.2ClH/c27-23-19-7-3-1-5-17(19)9-11-21(23)25(31)29-13-15-30(16-14-29)26(32)22-12-10-18-6-2-4-8-20(18)24(22)28;;/h1-8,21-24H,9-16,27-28H2;2*1H/t21-,22-,23+,24+;;/m1../s1. The van der Waals surface area contributed by atoms with Crippen LogP contribution in [0, 0.1) is 11.8 Å². The van der Waals surface area contributed by atoms with Gasteiger partial charge in [0.1, 0.15) is 0 Å². The Morgan fingerprint density at radius 2 is 1.00 bits per heavy atom. The Balaban J connectivity index is 0.00000162. The van der Waals surface area contributed by atoms with Gasteiger partial charge in [-0.05, 0) is 47.9 Å². The van der Waals surface area contributed by atoms with Crippen molar-refractivity contribution in [2.75, 3.05) is 26.2 Å². The van der Waals surface area contributed by atoms with Crippen molar-refractivity contribution >= 4 is 36.6 Å². The lowest BCUT2D eigenvalue weighted by atomic mass is 9.79. The first-order valence-corrected chi connectivity index (χ1v) is 11.8. The summed E-state index contributed by atoms with van der Waals surface area (Å²) < 4.78 is 0. The zero-order chi connectivity index (χ0) is 22.2. The lowest BCUT2D eigenvalue weighted by Gasteiger charge is -2.41. The highest BCUT2D eigenvalue weighted by molar-refractivity contribution is 5.85. The number of hydrogen-bond acceptors (Lipinski definition) is 4. The van der Waals surface area contributed by atoms with Gasteiger partial charge in [0, 0.05) is 38.3 Å². The van der Waals surface area contributed by atoms with Crippen LogP contribution in [0.2, 0.25) is 0 Å². The normalized spacial score (nSPS) is 25.8. The SMILES string of the molecule is Cl.Cl.N[C@H]1c2ccccc2CC[C@H]1C(=O)N1CCN(C(=O)[C@@H]2CCc3ccccc3[C@@H]2N)CC1. The molecule has 1 saturated heterocycles. The van der Waals surface area contributed by atoms with E-state index in [0.29, 0.717) is 26.2 Å². The number of nitrogens with two attached hydrogens (primary N) is 2. The Morgan fingerprint density at radius 1 is 0.647 bits per heavy atom. The van der Waals surface area contributed by atoms with Crippen LogP contribution in [0.1, 0.15) is 47.2 Å². The van der Waals surface area contributed by atoms with Crippen molar-refractivity contribution in [3.63, 3.8) is 0 Å². The highest BCUT2D eigenvalue weighted by Gasteiger charge is 2.38. The third kappa shape index (κ3) is 4.82. The van der Waals surface area contributed by atoms with E-state index in [0.717, 1.165) is 36.8 Å². The Kier molecular flexibility index (Phi) is 8.63. The molecule has 0 bridgehead atoms. The lowest BCUT2D eigenvalue weighted by Crippen LogP contribution is -2.55. The number of fused-ring (bicyclic) bond motifs is 2. The van der Waals surface area contributed by atoms with E-state index < -0.39 is 0 Å². The van der Waals surface area contributed by atoms with Crippen LogP contribution in [-0.4, -0.2) is 47.8 Å². The number of benzene rings is 2. The summed E-state index contributed by atoms with van der Waals surface area (Å²) in [5.74, 6) is -0.115. The van der Waals surface area contributed by atoms with Crippen LogP contribution in [0.25, 0.3) is 0 Å². The fraction of sp³-hybridized carbons (Fsp3) is 0.462. The van der Waals surface area contributed by atoms with E-state index in [4.69, 9.17) is 11.5 Å². The molecule has 34 heavy (non-hydrogen) atoms. The third-order valence-electron chi connectivity index (χ3n) is 7.68. The van der Waals surface area contributed by atoms with Crippen molar-refractivity contribution in [1.29, 1.82) is 0 Å². The molecule has 5 rings (SSSR count). The predicted molar refractivity (Wildman–Crippen MR) is 138 cm³/mol. The summed E-state index contributed by atoms with van der Waals surface area (Å²) in [6.07, 6.45) is 3.35. The maximum absolute atomic E-state index is 13.3. The van der Waals surface area contributed by atoms with Crippen molar-refractivity contribution in [1.82, 2.24) is 9.80 Å². The smallest absolute Gasteiger partial charge is 0.227 e. The molecule has 0 spiro atoms. The monoisotopic (exact) mass is 504 g/mol. The van der Waals surface area contributed by atoms with Gasteiger partial charge in [0.25, 0.3) is 0 Å². The Hall–Kier alpha value is -2.12. The van der Waals surface area contributed by atoms with Crippen LogP contribution in [0.5, 0.6) is 0 Å². The number of carbonyl (C=O) groups excluding carboxylic acids is 2. The van der Waals surface area contributed by atoms with Crippen LogP contribution < -0.4 is 11.5 Å². The van der Waals surface area contributed by atoms with Gasteiger partial charge in [0.15, 0.2) is 0 Å². The maximum atomic E-state index is 13.3. The summed E-state index contributed by atoms with van der Waals surface area (Å²) in [4.78, 5) is 30.3. The average Bonchev–Trinajstić information content (AvgIpc) is 2.84. The maximum Gasteiger partial charge on any atom is 0.227 e. The van der Waals surface area contributed by atoms with E-state index in [-0.39, 0.29) is 60.5 Å². The van der Waals surface area contributed by atoms with Crippen molar-refractivity contribution < 1.29 is 9.59 Å². The van der Waals surface area contributed by atoms with Crippen LogP contribution in [0.4, 0.5) is 0 Å². The van der Waals surface area contributed by atoms with Crippen LogP contribution in [0.15, 0.2) is 48.5 Å². The molecule has 8 heteroatoms. The number of amides is 2. The first kappa shape index (κ1) is 26.5. The molecule has 3 aliphatic rings. The molecule has 0 radical (unpaired) electrons. The number of carbonyl (C=O) groups is 2. The van der Waals surface area contributed by atoms with Crippen molar-refractivity contribution in [3.8, 4) is 0 Å². The fourth-order valence-electron chi connectivity index (χ4n) is 5.76. The fourth-order valence-corrected chi connectivity index (χ4v) is 5.76. The zero-order valence-corrected chi connectivity index (χ0v) is 20.9. The van der Waals surface area contributed by atoms with Crippen molar-refractivity contribution in [2.24, 2.45) is 23.3 Å². The molecule has 0 aromatic heterocycles. The Bertz CT molecular complexity index is 944. The molecule has 6 nitrogen and oxygen atoms in total. The molecular weight excluding hydrogens is 471 g/mol. The van der Waals surface area contributed by atoms with E-state index in [1.54, 1.807) is 0 Å². The van der Waals surface area contributed by atoms with E-state index >= 15 is 0 Å². The average molecular weight is 505 g/mol. The highest BCUT2D eigenvalue weighted by atomic mass is 35.5. The van der Waals surface area contributed by atoms with Gasteiger partial charge < -0.3 is 21.3 Å². The largest absolute Gasteiger partial charge is 0.339 e. The molecular formula is C26H34Cl2N4O2. The van der Waals surface area contributed by atoms with Crippen molar-refractivity contribution in [2.45, 2.75) is 37.8 Å². The molecule has 184 valence electrons. The van der Waals surface area contributed by atoms with Gasteiger partial charge in [-0.3, -0.25) is 9.59 Å². The van der Waals surface area contributed by atoms with E-state index in [1.165, 1.54) is 11.1 Å². The van der Waals surface area contributed by atoms with E-state index in [1.807, 2.05) is 46.2 Å². The summed E-state index contributed by atoms with van der Waals surface area (Å²) in [6, 6.07) is 15.8. The number of rotatable bonds is 2. The third-order valence-corrected chi connectivity index (χ3v) is 7.68. The van der Waals surface area contributed by atoms with Crippen LogP contribution >= 0.6 is 24.8 Å². The van der Waals surface area contributed by atoms with E-state index in [2.05, 4.69) is 12.1 Å². The van der Waals surface area contributed by atoms with Gasteiger partial charge in [-0.2, -0.15) is 0 Å². The minimum absolute atomic E-state index is 0. The second-order valence-electron chi connectivity index (χ2n) is 9.39. The Labute approximate surface area is 213 Å². The molecule has 2 aliphatic carbocycles. The van der Waals surface area contributed by atoms with Gasteiger partial charge in [-0.25, -0.2) is 0 Å². The molecule has 2 aromatic carbocycles. The van der Waals surface area contributed by atoms with Gasteiger partial charge >= 0.3 is 0 Å². The van der Waals surface area contributed by atoms with Crippen LogP contribution in [0.3, 0.4) is 0 Å².